The summed E-state index contributed by atoms with van der Waals surface area (Å²) in [6.45, 7) is 3.91. The fourth-order valence-electron chi connectivity index (χ4n) is 1.45. The molecule has 0 amide bonds. The molecule has 0 radical (unpaired) electrons. The molecule has 1 aromatic rings. The first-order chi connectivity index (χ1) is 7.01. The van der Waals surface area contributed by atoms with Gasteiger partial charge in [-0.15, -0.1) is 0 Å². The summed E-state index contributed by atoms with van der Waals surface area (Å²) in [6, 6.07) is 7.04. The molecule has 3 heteroatoms. The van der Waals surface area contributed by atoms with Crippen molar-refractivity contribution in [3.05, 3.63) is 35.1 Å². The molecule has 2 N–H and O–H groups in total. The van der Waals surface area contributed by atoms with Crippen LogP contribution in [0.3, 0.4) is 0 Å². The molecule has 0 aliphatic heterocycles. The van der Waals surface area contributed by atoms with Gasteiger partial charge in [0.1, 0.15) is 5.82 Å². The van der Waals surface area contributed by atoms with E-state index in [0.717, 1.165) is 5.56 Å². The minimum absolute atomic E-state index is 0.326. The van der Waals surface area contributed by atoms with Crippen molar-refractivity contribution >= 4 is 0 Å². The standard InChI is InChI=1S/C12H15FN2/c1-12(2,8-15)10-4-3-9(5-6-14)7-11(10)13/h3-4,7H,5-6,14H2,1-2H3. The van der Waals surface area contributed by atoms with E-state index < -0.39 is 5.41 Å². The van der Waals surface area contributed by atoms with Crippen LogP contribution in [0.25, 0.3) is 0 Å². The van der Waals surface area contributed by atoms with Gasteiger partial charge in [0.25, 0.3) is 0 Å². The second-order valence-electron chi connectivity index (χ2n) is 4.09. The highest BCUT2D eigenvalue weighted by atomic mass is 19.1. The van der Waals surface area contributed by atoms with Crippen molar-refractivity contribution in [2.24, 2.45) is 5.73 Å². The third-order valence-electron chi connectivity index (χ3n) is 2.42. The lowest BCUT2D eigenvalue weighted by Crippen LogP contribution is -2.16. The molecule has 0 aliphatic rings. The van der Waals surface area contributed by atoms with Gasteiger partial charge in [-0.1, -0.05) is 12.1 Å². The number of hydrogen-bond donors (Lipinski definition) is 1. The lowest BCUT2D eigenvalue weighted by Gasteiger charge is -2.17. The highest BCUT2D eigenvalue weighted by Crippen LogP contribution is 2.25. The molecule has 0 atom stereocenters. The Kier molecular flexibility index (Phi) is 3.43. The van der Waals surface area contributed by atoms with Gasteiger partial charge in [-0.25, -0.2) is 4.39 Å². The van der Waals surface area contributed by atoms with Gasteiger partial charge in [0.15, 0.2) is 0 Å². The summed E-state index contributed by atoms with van der Waals surface area (Å²) in [7, 11) is 0. The van der Waals surface area contributed by atoms with Gasteiger partial charge in [-0.05, 0) is 38.4 Å². The molecule has 1 aromatic carbocycles. The lowest BCUT2D eigenvalue weighted by atomic mass is 9.85. The summed E-state index contributed by atoms with van der Waals surface area (Å²) < 4.78 is 13.7. The number of benzene rings is 1. The summed E-state index contributed by atoms with van der Waals surface area (Å²) in [5, 5.41) is 8.91. The van der Waals surface area contributed by atoms with Gasteiger partial charge in [-0.3, -0.25) is 0 Å². The van der Waals surface area contributed by atoms with E-state index >= 15 is 0 Å². The maximum absolute atomic E-state index is 13.7. The van der Waals surface area contributed by atoms with Crippen molar-refractivity contribution in [3.63, 3.8) is 0 Å². The maximum Gasteiger partial charge on any atom is 0.128 e. The van der Waals surface area contributed by atoms with Crippen LogP contribution in [0.1, 0.15) is 25.0 Å². The van der Waals surface area contributed by atoms with Gasteiger partial charge in [0.05, 0.1) is 11.5 Å². The second-order valence-corrected chi connectivity index (χ2v) is 4.09. The van der Waals surface area contributed by atoms with Crippen molar-refractivity contribution < 1.29 is 4.39 Å². The molecule has 15 heavy (non-hydrogen) atoms. The highest BCUT2D eigenvalue weighted by Gasteiger charge is 2.23. The Morgan fingerprint density at radius 3 is 2.60 bits per heavy atom. The minimum atomic E-state index is -0.786. The van der Waals surface area contributed by atoms with Gasteiger partial charge in [0.2, 0.25) is 0 Å². The van der Waals surface area contributed by atoms with E-state index in [1.807, 2.05) is 6.07 Å². The fourth-order valence-corrected chi connectivity index (χ4v) is 1.45. The summed E-state index contributed by atoms with van der Waals surface area (Å²) in [5.74, 6) is -0.326. The molecule has 0 saturated heterocycles. The lowest BCUT2D eigenvalue weighted by molar-refractivity contribution is 0.563. The monoisotopic (exact) mass is 206 g/mol. The van der Waals surface area contributed by atoms with Crippen LogP contribution in [0.5, 0.6) is 0 Å². The zero-order chi connectivity index (χ0) is 11.5. The molecule has 0 aliphatic carbocycles. The average Bonchev–Trinajstić information content (AvgIpc) is 2.18. The van der Waals surface area contributed by atoms with Crippen molar-refractivity contribution in [2.45, 2.75) is 25.7 Å². The number of nitrogens with two attached hydrogens (primary N) is 1. The first kappa shape index (κ1) is 11.7. The first-order valence-corrected chi connectivity index (χ1v) is 4.91. The van der Waals surface area contributed by atoms with Crippen LogP contribution in [0.2, 0.25) is 0 Å². The fraction of sp³-hybridized carbons (Fsp3) is 0.417. The van der Waals surface area contributed by atoms with Crippen LogP contribution in [-0.2, 0) is 11.8 Å². The zero-order valence-electron chi connectivity index (χ0n) is 9.05. The Hall–Kier alpha value is -1.40. The molecule has 0 aromatic heterocycles. The van der Waals surface area contributed by atoms with Gasteiger partial charge < -0.3 is 5.73 Å². The maximum atomic E-state index is 13.7. The Balaban J connectivity index is 3.10. The average molecular weight is 206 g/mol. The van der Waals surface area contributed by atoms with Crippen molar-refractivity contribution in [1.29, 1.82) is 5.26 Å². The summed E-state index contributed by atoms with van der Waals surface area (Å²) >= 11 is 0. The van der Waals surface area contributed by atoms with E-state index in [1.54, 1.807) is 19.9 Å². The van der Waals surface area contributed by atoms with Gasteiger partial charge in [0, 0.05) is 5.56 Å². The Morgan fingerprint density at radius 1 is 1.47 bits per heavy atom. The van der Waals surface area contributed by atoms with E-state index in [-0.39, 0.29) is 5.82 Å². The third kappa shape index (κ3) is 2.54. The summed E-state index contributed by atoms with van der Waals surface area (Å²) in [4.78, 5) is 0. The van der Waals surface area contributed by atoms with Gasteiger partial charge in [-0.2, -0.15) is 5.26 Å². The number of rotatable bonds is 3. The normalized spacial score (nSPS) is 11.1. The van der Waals surface area contributed by atoms with Crippen molar-refractivity contribution in [2.75, 3.05) is 6.54 Å². The minimum Gasteiger partial charge on any atom is -0.330 e. The largest absolute Gasteiger partial charge is 0.330 e. The summed E-state index contributed by atoms with van der Waals surface area (Å²) in [6.07, 6.45) is 0.657. The molecule has 80 valence electrons. The Labute approximate surface area is 89.5 Å². The Bertz CT molecular complexity index is 391. The molecule has 0 unspecified atom stereocenters. The van der Waals surface area contributed by atoms with Crippen LogP contribution in [0, 0.1) is 17.1 Å². The predicted molar refractivity (Wildman–Crippen MR) is 57.8 cm³/mol. The van der Waals surface area contributed by atoms with Crippen LogP contribution in [0.15, 0.2) is 18.2 Å². The predicted octanol–water partition coefficient (Wildman–Crippen LogP) is 2.13. The molecule has 0 saturated carbocycles. The number of halogens is 1. The Morgan fingerprint density at radius 2 is 2.13 bits per heavy atom. The number of hydrogen-bond acceptors (Lipinski definition) is 2. The molecule has 1 rings (SSSR count). The first-order valence-electron chi connectivity index (χ1n) is 4.91. The molecular weight excluding hydrogens is 191 g/mol. The summed E-state index contributed by atoms with van der Waals surface area (Å²) in [5.41, 5.74) is 5.90. The SMILES string of the molecule is CC(C)(C#N)c1ccc(CCN)cc1F. The highest BCUT2D eigenvalue weighted by molar-refractivity contribution is 5.34. The smallest absolute Gasteiger partial charge is 0.128 e. The topological polar surface area (TPSA) is 49.8 Å². The van der Waals surface area contributed by atoms with Gasteiger partial charge >= 0.3 is 0 Å². The second kappa shape index (κ2) is 4.41. The van der Waals surface area contributed by atoms with E-state index in [2.05, 4.69) is 6.07 Å². The van der Waals surface area contributed by atoms with Crippen LogP contribution in [-0.4, -0.2) is 6.54 Å². The number of nitriles is 1. The van der Waals surface area contributed by atoms with E-state index in [4.69, 9.17) is 11.0 Å². The molecule has 0 fully saturated rings. The third-order valence-corrected chi connectivity index (χ3v) is 2.42. The van der Waals surface area contributed by atoms with Crippen molar-refractivity contribution in [1.82, 2.24) is 0 Å². The van der Waals surface area contributed by atoms with E-state index in [0.29, 0.717) is 18.5 Å². The van der Waals surface area contributed by atoms with Crippen LogP contribution in [0.4, 0.5) is 4.39 Å². The van der Waals surface area contributed by atoms with Crippen LogP contribution >= 0.6 is 0 Å². The molecule has 0 spiro atoms. The zero-order valence-corrected chi connectivity index (χ0v) is 9.05. The van der Waals surface area contributed by atoms with E-state index in [9.17, 15) is 4.39 Å². The van der Waals surface area contributed by atoms with Crippen LogP contribution < -0.4 is 5.73 Å². The molecule has 0 bridgehead atoms. The van der Waals surface area contributed by atoms with E-state index in [1.165, 1.54) is 6.07 Å². The van der Waals surface area contributed by atoms with Crippen molar-refractivity contribution in [3.8, 4) is 6.07 Å². The molecule has 0 heterocycles. The number of nitrogens with zero attached hydrogens (tertiary/aromatic N) is 1. The molecular formula is C12H15FN2. The molecule has 2 nitrogen and oxygen atoms in total. The quantitative estimate of drug-likeness (QED) is 0.823.